The monoisotopic (exact) mass is 832 g/mol. The molecule has 6 heteroatoms. The Balaban J connectivity index is 1.30. The molecule has 0 unspecified atom stereocenters. The van der Waals surface area contributed by atoms with E-state index in [9.17, 15) is 5.26 Å². The van der Waals surface area contributed by atoms with Crippen molar-refractivity contribution in [3.05, 3.63) is 223 Å². The van der Waals surface area contributed by atoms with Crippen molar-refractivity contribution in [3.8, 4) is 90.7 Å². The average Bonchev–Trinajstić information content (AvgIpc) is 3.69. The molecule has 0 radical (unpaired) electrons. The number of fused-ring (bicyclic) bond motifs is 3. The predicted octanol–water partition coefficient (Wildman–Crippen LogP) is 14.5. The summed E-state index contributed by atoms with van der Waals surface area (Å²) in [6.45, 7) is 4.29. The van der Waals surface area contributed by atoms with E-state index in [1.165, 1.54) is 11.1 Å². The van der Waals surface area contributed by atoms with Gasteiger partial charge in [0.15, 0.2) is 11.6 Å². The fraction of sp³-hybridized carbons (Fsp3) is 0.0339. The molecule has 0 aliphatic rings. The standard InChI is InChI=1S/C59H40N6/c1-38-29-39(2)31-46(30-38)45-27-28-48-47-25-15-16-26-55(47)65(56(48)34-45)57-49(53-35-51(41-17-7-3-8-18-41)61-58(63-53)43-21-11-5-12-22-43)32-40(37-60)33-50(57)54-36-52(42-19-9-4-10-20-42)62-59(64-54)44-23-13-6-14-24-44/h3-36H,1-2H3. The molecule has 11 rings (SSSR count). The minimum absolute atomic E-state index is 0.470. The Morgan fingerprint density at radius 3 is 1.32 bits per heavy atom. The molecule has 3 aromatic heterocycles. The van der Waals surface area contributed by atoms with E-state index in [4.69, 9.17) is 19.9 Å². The molecule has 3 heterocycles. The summed E-state index contributed by atoms with van der Waals surface area (Å²) in [7, 11) is 0. The van der Waals surface area contributed by atoms with Crippen LogP contribution in [-0.4, -0.2) is 24.5 Å². The van der Waals surface area contributed by atoms with Crippen LogP contribution in [0.15, 0.2) is 206 Å². The number of hydrogen-bond acceptors (Lipinski definition) is 5. The SMILES string of the molecule is Cc1cc(C)cc(-c2ccc3c4ccccc4n(-c4c(-c5cc(-c6ccccc6)nc(-c6ccccc6)n5)cc(C#N)cc4-c4cc(-c5ccccc5)nc(-c5ccccc5)n4)c3c2)c1. The lowest BCUT2D eigenvalue weighted by Gasteiger charge is -2.20. The molecule has 65 heavy (non-hydrogen) atoms. The highest BCUT2D eigenvalue weighted by atomic mass is 15.0. The molecule has 6 nitrogen and oxygen atoms in total. The molecule has 0 saturated carbocycles. The third-order valence-corrected chi connectivity index (χ3v) is 11.9. The largest absolute Gasteiger partial charge is 0.308 e. The van der Waals surface area contributed by atoms with Gasteiger partial charge >= 0.3 is 0 Å². The molecule has 0 aliphatic carbocycles. The maximum Gasteiger partial charge on any atom is 0.160 e. The van der Waals surface area contributed by atoms with Crippen molar-refractivity contribution in [1.29, 1.82) is 5.26 Å². The molecule has 0 bridgehead atoms. The lowest BCUT2D eigenvalue weighted by atomic mass is 9.95. The van der Waals surface area contributed by atoms with Crippen LogP contribution < -0.4 is 0 Å². The van der Waals surface area contributed by atoms with Gasteiger partial charge in [-0.05, 0) is 61.4 Å². The van der Waals surface area contributed by atoms with Crippen molar-refractivity contribution in [2.24, 2.45) is 0 Å². The third kappa shape index (κ3) is 7.41. The molecule has 8 aromatic carbocycles. The Labute approximate surface area is 377 Å². The van der Waals surface area contributed by atoms with Gasteiger partial charge in [0.1, 0.15) is 0 Å². The second-order valence-electron chi connectivity index (χ2n) is 16.4. The van der Waals surface area contributed by atoms with Crippen LogP contribution in [-0.2, 0) is 0 Å². The van der Waals surface area contributed by atoms with Crippen LogP contribution in [0.1, 0.15) is 16.7 Å². The topological polar surface area (TPSA) is 80.3 Å². The highest BCUT2D eigenvalue weighted by Gasteiger charge is 2.25. The molecular formula is C59H40N6. The first-order chi connectivity index (χ1) is 32.0. The highest BCUT2D eigenvalue weighted by Crippen LogP contribution is 2.44. The number of hydrogen-bond donors (Lipinski definition) is 0. The quantitative estimate of drug-likeness (QED) is 0.152. The van der Waals surface area contributed by atoms with E-state index < -0.39 is 0 Å². The number of aromatic nitrogens is 5. The smallest absolute Gasteiger partial charge is 0.160 e. The van der Waals surface area contributed by atoms with Gasteiger partial charge in [0.25, 0.3) is 0 Å². The number of nitriles is 1. The first-order valence-electron chi connectivity index (χ1n) is 21.7. The summed E-state index contributed by atoms with van der Waals surface area (Å²) in [4.78, 5) is 21.1. The molecule has 0 aliphatic heterocycles. The third-order valence-electron chi connectivity index (χ3n) is 11.9. The number of aryl methyl sites for hydroxylation is 2. The Morgan fingerprint density at radius 1 is 0.369 bits per heavy atom. The second kappa shape index (κ2) is 16.5. The molecular weight excluding hydrogens is 793 g/mol. The predicted molar refractivity (Wildman–Crippen MR) is 264 cm³/mol. The molecule has 0 amide bonds. The fourth-order valence-electron chi connectivity index (χ4n) is 8.98. The van der Waals surface area contributed by atoms with Gasteiger partial charge in [-0.2, -0.15) is 5.26 Å². The van der Waals surface area contributed by atoms with Gasteiger partial charge < -0.3 is 4.57 Å². The fourth-order valence-corrected chi connectivity index (χ4v) is 8.98. The van der Waals surface area contributed by atoms with Crippen LogP contribution in [0, 0.1) is 25.2 Å². The molecule has 11 aromatic rings. The van der Waals surface area contributed by atoms with Crippen LogP contribution in [0.2, 0.25) is 0 Å². The van der Waals surface area contributed by atoms with E-state index in [2.05, 4.69) is 109 Å². The Morgan fingerprint density at radius 2 is 0.815 bits per heavy atom. The van der Waals surface area contributed by atoms with E-state index in [0.29, 0.717) is 28.6 Å². The summed E-state index contributed by atoms with van der Waals surface area (Å²) in [5.74, 6) is 1.16. The van der Waals surface area contributed by atoms with Crippen molar-refractivity contribution < 1.29 is 0 Å². The summed E-state index contributed by atoms with van der Waals surface area (Å²) in [5, 5.41) is 13.2. The van der Waals surface area contributed by atoms with E-state index in [1.54, 1.807) is 0 Å². The van der Waals surface area contributed by atoms with Gasteiger partial charge in [-0.25, -0.2) is 19.9 Å². The minimum Gasteiger partial charge on any atom is -0.308 e. The number of rotatable bonds is 8. The molecule has 0 N–H and O–H groups in total. The number of nitrogens with zero attached hydrogens (tertiary/aromatic N) is 6. The van der Waals surface area contributed by atoms with Crippen LogP contribution >= 0.6 is 0 Å². The molecule has 0 saturated heterocycles. The Kier molecular flexibility index (Phi) is 9.91. The van der Waals surface area contributed by atoms with E-state index in [0.717, 1.165) is 83.4 Å². The zero-order valence-corrected chi connectivity index (χ0v) is 35.8. The van der Waals surface area contributed by atoms with Gasteiger partial charge in [-0.15, -0.1) is 0 Å². The summed E-state index contributed by atoms with van der Waals surface area (Å²) in [6, 6.07) is 73.0. The average molecular weight is 833 g/mol. The Bertz CT molecular complexity index is 3330. The van der Waals surface area contributed by atoms with Crippen molar-refractivity contribution >= 4 is 21.8 Å². The van der Waals surface area contributed by atoms with Crippen molar-refractivity contribution in [3.63, 3.8) is 0 Å². The maximum absolute atomic E-state index is 11.0. The molecule has 306 valence electrons. The Hall–Kier alpha value is -8.79. The van der Waals surface area contributed by atoms with Gasteiger partial charge in [0.2, 0.25) is 0 Å². The lowest BCUT2D eigenvalue weighted by molar-refractivity contribution is 1.14. The lowest BCUT2D eigenvalue weighted by Crippen LogP contribution is -2.05. The van der Waals surface area contributed by atoms with E-state index >= 15 is 0 Å². The molecule has 0 spiro atoms. The van der Waals surface area contributed by atoms with Crippen molar-refractivity contribution in [1.82, 2.24) is 24.5 Å². The normalized spacial score (nSPS) is 11.2. The zero-order valence-electron chi connectivity index (χ0n) is 35.8. The van der Waals surface area contributed by atoms with Gasteiger partial charge in [-0.1, -0.05) is 181 Å². The van der Waals surface area contributed by atoms with E-state index in [1.807, 2.05) is 121 Å². The molecule has 0 fully saturated rings. The summed E-state index contributed by atoms with van der Waals surface area (Å²) < 4.78 is 2.35. The number of benzene rings is 8. The van der Waals surface area contributed by atoms with Gasteiger partial charge in [0, 0.05) is 44.2 Å². The summed E-state index contributed by atoms with van der Waals surface area (Å²) in [5.41, 5.74) is 16.1. The second-order valence-corrected chi connectivity index (χ2v) is 16.4. The van der Waals surface area contributed by atoms with Crippen LogP contribution in [0.5, 0.6) is 0 Å². The molecule has 0 atom stereocenters. The van der Waals surface area contributed by atoms with Gasteiger partial charge in [-0.3, -0.25) is 0 Å². The minimum atomic E-state index is 0.470. The maximum atomic E-state index is 11.0. The van der Waals surface area contributed by atoms with Crippen LogP contribution in [0.25, 0.3) is 106 Å². The summed E-state index contributed by atoms with van der Waals surface area (Å²) >= 11 is 0. The van der Waals surface area contributed by atoms with Crippen LogP contribution in [0.4, 0.5) is 0 Å². The van der Waals surface area contributed by atoms with E-state index in [-0.39, 0.29) is 0 Å². The summed E-state index contributed by atoms with van der Waals surface area (Å²) in [6.07, 6.45) is 0. The first-order valence-corrected chi connectivity index (χ1v) is 21.7. The number of para-hydroxylation sites is 1. The van der Waals surface area contributed by atoms with Crippen LogP contribution in [0.3, 0.4) is 0 Å². The zero-order chi connectivity index (χ0) is 43.9. The van der Waals surface area contributed by atoms with Gasteiger partial charge in [0.05, 0.1) is 51.1 Å². The van der Waals surface area contributed by atoms with Crippen molar-refractivity contribution in [2.45, 2.75) is 13.8 Å². The first kappa shape index (κ1) is 39.1. The van der Waals surface area contributed by atoms with Crippen molar-refractivity contribution in [2.75, 3.05) is 0 Å². The highest BCUT2D eigenvalue weighted by molar-refractivity contribution is 6.11.